The standard InChI is InChI=1S/C14H14O3/c1-14(16,11-7-3-2-4-8-11)13(15)17-12-9-5-6-10-12/h2-10,12,16H,1H3. The summed E-state index contributed by atoms with van der Waals surface area (Å²) in [6, 6.07) is 8.76. The van der Waals surface area contributed by atoms with Crippen LogP contribution in [0.15, 0.2) is 54.6 Å². The Morgan fingerprint density at radius 3 is 2.41 bits per heavy atom. The van der Waals surface area contributed by atoms with E-state index in [2.05, 4.69) is 0 Å². The average Bonchev–Trinajstić information content (AvgIpc) is 2.83. The molecule has 3 heteroatoms. The summed E-state index contributed by atoms with van der Waals surface area (Å²) in [7, 11) is 0. The molecule has 2 rings (SSSR count). The molecule has 0 saturated heterocycles. The van der Waals surface area contributed by atoms with E-state index in [4.69, 9.17) is 4.74 Å². The van der Waals surface area contributed by atoms with Crippen LogP contribution < -0.4 is 0 Å². The van der Waals surface area contributed by atoms with Gasteiger partial charge in [-0.15, -0.1) is 0 Å². The van der Waals surface area contributed by atoms with Gasteiger partial charge < -0.3 is 9.84 Å². The van der Waals surface area contributed by atoms with Crippen LogP contribution >= 0.6 is 0 Å². The van der Waals surface area contributed by atoms with Crippen molar-refractivity contribution in [3.05, 3.63) is 60.2 Å². The van der Waals surface area contributed by atoms with Crippen LogP contribution in [0.25, 0.3) is 0 Å². The highest BCUT2D eigenvalue weighted by Gasteiger charge is 2.35. The van der Waals surface area contributed by atoms with Gasteiger partial charge in [-0.05, 0) is 24.6 Å². The molecule has 0 saturated carbocycles. The maximum absolute atomic E-state index is 11.9. The van der Waals surface area contributed by atoms with E-state index in [1.807, 2.05) is 6.07 Å². The predicted molar refractivity (Wildman–Crippen MR) is 64.2 cm³/mol. The smallest absolute Gasteiger partial charge is 0.343 e. The van der Waals surface area contributed by atoms with Gasteiger partial charge in [0.2, 0.25) is 0 Å². The van der Waals surface area contributed by atoms with E-state index in [1.54, 1.807) is 48.6 Å². The van der Waals surface area contributed by atoms with Crippen LogP contribution in [0, 0.1) is 0 Å². The summed E-state index contributed by atoms with van der Waals surface area (Å²) in [5.41, 5.74) is -1.10. The van der Waals surface area contributed by atoms with Crippen molar-refractivity contribution in [1.82, 2.24) is 0 Å². The van der Waals surface area contributed by atoms with E-state index in [-0.39, 0.29) is 6.10 Å². The summed E-state index contributed by atoms with van der Waals surface area (Å²) < 4.78 is 5.17. The van der Waals surface area contributed by atoms with Crippen molar-refractivity contribution in [2.24, 2.45) is 0 Å². The zero-order valence-electron chi connectivity index (χ0n) is 9.54. The second-order valence-corrected chi connectivity index (χ2v) is 4.08. The first-order valence-electron chi connectivity index (χ1n) is 5.44. The number of carbonyl (C=O) groups excluding carboxylic acids is 1. The van der Waals surface area contributed by atoms with Gasteiger partial charge in [0.05, 0.1) is 0 Å². The fraction of sp³-hybridized carbons (Fsp3) is 0.214. The van der Waals surface area contributed by atoms with Crippen molar-refractivity contribution in [2.75, 3.05) is 0 Å². The molecular formula is C14H14O3. The van der Waals surface area contributed by atoms with E-state index < -0.39 is 11.6 Å². The molecule has 1 atom stereocenters. The summed E-state index contributed by atoms with van der Waals surface area (Å²) in [6.45, 7) is 1.44. The molecule has 3 nitrogen and oxygen atoms in total. The van der Waals surface area contributed by atoms with Gasteiger partial charge >= 0.3 is 5.97 Å². The van der Waals surface area contributed by atoms with Crippen molar-refractivity contribution >= 4 is 5.97 Å². The summed E-state index contributed by atoms with van der Waals surface area (Å²) in [5, 5.41) is 10.2. The molecule has 0 aromatic heterocycles. The highest BCUT2D eigenvalue weighted by molar-refractivity contribution is 5.81. The van der Waals surface area contributed by atoms with Crippen molar-refractivity contribution in [3.63, 3.8) is 0 Å². The molecule has 1 aliphatic rings. The van der Waals surface area contributed by atoms with Gasteiger partial charge in [0.1, 0.15) is 6.10 Å². The van der Waals surface area contributed by atoms with E-state index >= 15 is 0 Å². The Balaban J connectivity index is 2.12. The third-order valence-electron chi connectivity index (χ3n) is 2.69. The van der Waals surface area contributed by atoms with E-state index in [1.165, 1.54) is 6.92 Å². The van der Waals surface area contributed by atoms with E-state index in [0.29, 0.717) is 5.56 Å². The highest BCUT2D eigenvalue weighted by atomic mass is 16.6. The fourth-order valence-electron chi connectivity index (χ4n) is 1.61. The predicted octanol–water partition coefficient (Wildman–Crippen LogP) is 1.93. The van der Waals surface area contributed by atoms with Gasteiger partial charge in [0.15, 0.2) is 5.60 Å². The van der Waals surface area contributed by atoms with Gasteiger partial charge in [-0.1, -0.05) is 42.5 Å². The van der Waals surface area contributed by atoms with Crippen LogP contribution in [0.2, 0.25) is 0 Å². The second-order valence-electron chi connectivity index (χ2n) is 4.08. The van der Waals surface area contributed by atoms with Crippen LogP contribution in [-0.2, 0) is 15.1 Å². The first-order valence-corrected chi connectivity index (χ1v) is 5.44. The minimum absolute atomic E-state index is 0.377. The van der Waals surface area contributed by atoms with Crippen molar-refractivity contribution in [3.8, 4) is 0 Å². The fourth-order valence-corrected chi connectivity index (χ4v) is 1.61. The number of esters is 1. The summed E-state index contributed by atoms with van der Waals surface area (Å²) in [4.78, 5) is 11.9. The van der Waals surface area contributed by atoms with Crippen LogP contribution in [0.3, 0.4) is 0 Å². The van der Waals surface area contributed by atoms with Gasteiger partial charge in [0, 0.05) is 0 Å². The van der Waals surface area contributed by atoms with Gasteiger partial charge in [-0.25, -0.2) is 4.79 Å². The number of carbonyl (C=O) groups is 1. The van der Waals surface area contributed by atoms with Gasteiger partial charge in [0.25, 0.3) is 0 Å². The summed E-state index contributed by atoms with van der Waals surface area (Å²) in [5.74, 6) is -0.648. The third kappa shape index (κ3) is 2.45. The first kappa shape index (κ1) is 11.6. The zero-order chi connectivity index (χ0) is 12.3. The number of benzene rings is 1. The summed E-state index contributed by atoms with van der Waals surface area (Å²) in [6.07, 6.45) is 6.72. The minimum Gasteiger partial charge on any atom is -0.451 e. The van der Waals surface area contributed by atoms with Crippen molar-refractivity contribution in [2.45, 2.75) is 18.6 Å². The topological polar surface area (TPSA) is 46.5 Å². The van der Waals surface area contributed by atoms with Crippen LogP contribution in [-0.4, -0.2) is 17.2 Å². The monoisotopic (exact) mass is 230 g/mol. The molecule has 0 spiro atoms. The molecule has 1 unspecified atom stereocenters. The normalized spacial score (nSPS) is 18.0. The van der Waals surface area contributed by atoms with Crippen LogP contribution in [0.1, 0.15) is 12.5 Å². The Kier molecular flexibility index (Phi) is 3.11. The molecule has 17 heavy (non-hydrogen) atoms. The molecule has 88 valence electrons. The third-order valence-corrected chi connectivity index (χ3v) is 2.69. The Morgan fingerprint density at radius 2 is 1.82 bits per heavy atom. The Labute approximate surface area is 100 Å². The lowest BCUT2D eigenvalue weighted by molar-refractivity contribution is -0.166. The van der Waals surface area contributed by atoms with Crippen molar-refractivity contribution < 1.29 is 14.6 Å². The lowest BCUT2D eigenvalue weighted by atomic mass is 9.96. The van der Waals surface area contributed by atoms with E-state index in [0.717, 1.165) is 0 Å². The minimum atomic E-state index is -1.62. The molecule has 0 heterocycles. The first-order chi connectivity index (χ1) is 8.10. The number of aliphatic hydroxyl groups is 1. The van der Waals surface area contributed by atoms with Crippen LogP contribution in [0.5, 0.6) is 0 Å². The lowest BCUT2D eigenvalue weighted by Gasteiger charge is -2.23. The second kappa shape index (κ2) is 4.55. The average molecular weight is 230 g/mol. The molecular weight excluding hydrogens is 216 g/mol. The largest absolute Gasteiger partial charge is 0.451 e. The van der Waals surface area contributed by atoms with Crippen molar-refractivity contribution in [1.29, 1.82) is 0 Å². The number of hydrogen-bond acceptors (Lipinski definition) is 3. The number of hydrogen-bond donors (Lipinski definition) is 1. The summed E-state index contributed by atoms with van der Waals surface area (Å²) >= 11 is 0. The number of rotatable bonds is 3. The Morgan fingerprint density at radius 1 is 1.24 bits per heavy atom. The molecule has 0 amide bonds. The molecule has 0 bridgehead atoms. The maximum atomic E-state index is 11.9. The molecule has 1 N–H and O–H groups in total. The quantitative estimate of drug-likeness (QED) is 0.807. The van der Waals surface area contributed by atoms with Gasteiger partial charge in [-0.2, -0.15) is 0 Å². The number of allylic oxidation sites excluding steroid dienone is 2. The van der Waals surface area contributed by atoms with Crippen LogP contribution in [0.4, 0.5) is 0 Å². The highest BCUT2D eigenvalue weighted by Crippen LogP contribution is 2.23. The molecule has 0 aliphatic heterocycles. The molecule has 1 aliphatic carbocycles. The Bertz CT molecular complexity index is 446. The van der Waals surface area contributed by atoms with Gasteiger partial charge in [-0.3, -0.25) is 0 Å². The SMILES string of the molecule is CC(O)(C(=O)OC1C=CC=C1)c1ccccc1. The molecule has 0 fully saturated rings. The number of ether oxygens (including phenoxy) is 1. The zero-order valence-corrected chi connectivity index (χ0v) is 9.54. The van der Waals surface area contributed by atoms with E-state index in [9.17, 15) is 9.90 Å². The molecule has 0 radical (unpaired) electrons. The lowest BCUT2D eigenvalue weighted by Crippen LogP contribution is -2.35. The molecule has 1 aromatic carbocycles. The Hall–Kier alpha value is -1.87. The molecule has 1 aromatic rings. The maximum Gasteiger partial charge on any atom is 0.343 e.